The van der Waals surface area contributed by atoms with Gasteiger partial charge in [0, 0.05) is 16.3 Å². The van der Waals surface area contributed by atoms with E-state index in [2.05, 4.69) is 20.9 Å². The molecule has 106 valence electrons. The van der Waals surface area contributed by atoms with Gasteiger partial charge < -0.3 is 5.11 Å². The third-order valence-corrected chi connectivity index (χ3v) is 3.88. The lowest BCUT2D eigenvalue weighted by atomic mass is 10.0. The van der Waals surface area contributed by atoms with E-state index in [4.69, 9.17) is 0 Å². The van der Waals surface area contributed by atoms with E-state index in [1.54, 1.807) is 18.2 Å². The summed E-state index contributed by atoms with van der Waals surface area (Å²) in [7, 11) is 0. The molecule has 0 fully saturated rings. The molecule has 3 aromatic rings. The Bertz CT molecular complexity index is 791. The molecule has 2 nitrogen and oxygen atoms in total. The molecule has 21 heavy (non-hydrogen) atoms. The van der Waals surface area contributed by atoms with Gasteiger partial charge in [0.25, 0.3) is 0 Å². The van der Waals surface area contributed by atoms with E-state index in [0.29, 0.717) is 15.7 Å². The molecule has 0 radical (unpaired) electrons. The van der Waals surface area contributed by atoms with E-state index in [9.17, 15) is 9.50 Å². The van der Waals surface area contributed by atoms with Gasteiger partial charge in [0.1, 0.15) is 11.9 Å². The fourth-order valence-electron chi connectivity index (χ4n) is 2.27. The van der Waals surface area contributed by atoms with E-state index in [0.717, 1.165) is 10.9 Å². The van der Waals surface area contributed by atoms with Crippen molar-refractivity contribution in [3.8, 4) is 0 Å². The normalized spacial score (nSPS) is 12.5. The Labute approximate surface area is 130 Å². The third kappa shape index (κ3) is 3.12. The number of rotatable bonds is 3. The first kappa shape index (κ1) is 14.2. The number of aliphatic hydroxyl groups is 1. The number of hydrogen-bond acceptors (Lipinski definition) is 2. The van der Waals surface area contributed by atoms with Gasteiger partial charge in [-0.15, -0.1) is 0 Å². The Morgan fingerprint density at radius 1 is 1.10 bits per heavy atom. The molecule has 0 amide bonds. The summed E-state index contributed by atoms with van der Waals surface area (Å²) in [4.78, 5) is 4.44. The molecule has 0 saturated heterocycles. The predicted molar refractivity (Wildman–Crippen MR) is 84.5 cm³/mol. The van der Waals surface area contributed by atoms with Crippen molar-refractivity contribution in [2.45, 2.75) is 12.5 Å². The monoisotopic (exact) mass is 345 g/mol. The number of nitrogens with zero attached hydrogens (tertiary/aromatic N) is 1. The van der Waals surface area contributed by atoms with Gasteiger partial charge in [-0.1, -0.05) is 46.3 Å². The van der Waals surface area contributed by atoms with Crippen molar-refractivity contribution >= 4 is 26.8 Å². The van der Waals surface area contributed by atoms with E-state index in [1.807, 2.05) is 30.3 Å². The minimum absolute atomic E-state index is 0.199. The second-order valence-electron chi connectivity index (χ2n) is 4.88. The lowest BCUT2D eigenvalue weighted by Crippen LogP contribution is -2.05. The second kappa shape index (κ2) is 5.92. The van der Waals surface area contributed by atoms with Crippen molar-refractivity contribution in [2.24, 2.45) is 0 Å². The van der Waals surface area contributed by atoms with Crippen molar-refractivity contribution in [1.29, 1.82) is 0 Å². The molecule has 0 bridgehead atoms. The summed E-state index contributed by atoms with van der Waals surface area (Å²) in [6.45, 7) is 0. The molecule has 2 aromatic carbocycles. The van der Waals surface area contributed by atoms with Crippen LogP contribution < -0.4 is 0 Å². The molecule has 0 saturated carbocycles. The topological polar surface area (TPSA) is 33.1 Å². The fourth-order valence-corrected chi connectivity index (χ4v) is 2.60. The molecule has 0 aliphatic heterocycles. The van der Waals surface area contributed by atoms with Crippen LogP contribution in [-0.4, -0.2) is 10.1 Å². The van der Waals surface area contributed by atoms with Crippen molar-refractivity contribution in [3.63, 3.8) is 0 Å². The Hall–Kier alpha value is -1.78. The Morgan fingerprint density at radius 3 is 2.71 bits per heavy atom. The van der Waals surface area contributed by atoms with E-state index in [1.165, 1.54) is 6.07 Å². The van der Waals surface area contributed by atoms with Crippen LogP contribution in [0.4, 0.5) is 4.39 Å². The lowest BCUT2D eigenvalue weighted by Gasteiger charge is -2.12. The van der Waals surface area contributed by atoms with Gasteiger partial charge >= 0.3 is 0 Å². The van der Waals surface area contributed by atoms with Gasteiger partial charge in [0.2, 0.25) is 0 Å². The Morgan fingerprint density at radius 2 is 1.90 bits per heavy atom. The average Bonchev–Trinajstić information content (AvgIpc) is 2.49. The number of fused-ring (bicyclic) bond motifs is 1. The number of pyridine rings is 1. The minimum atomic E-state index is -0.828. The molecule has 4 heteroatoms. The molecule has 0 aliphatic rings. The molecule has 1 heterocycles. The molecule has 0 spiro atoms. The summed E-state index contributed by atoms with van der Waals surface area (Å²) < 4.78 is 14.5. The molecule has 1 unspecified atom stereocenters. The zero-order valence-electron chi connectivity index (χ0n) is 11.1. The van der Waals surface area contributed by atoms with Crippen LogP contribution in [0.2, 0.25) is 0 Å². The third-order valence-electron chi connectivity index (χ3n) is 3.39. The zero-order valence-corrected chi connectivity index (χ0v) is 12.7. The van der Waals surface area contributed by atoms with Crippen LogP contribution in [0.3, 0.4) is 0 Å². The Kier molecular flexibility index (Phi) is 3.99. The molecule has 1 aromatic heterocycles. The summed E-state index contributed by atoms with van der Waals surface area (Å²) in [6.07, 6.45) is -0.630. The highest BCUT2D eigenvalue weighted by atomic mass is 79.9. The summed E-state index contributed by atoms with van der Waals surface area (Å²) >= 11 is 3.22. The molecule has 1 N–H and O–H groups in total. The minimum Gasteiger partial charge on any atom is -0.386 e. The van der Waals surface area contributed by atoms with Gasteiger partial charge in [-0.05, 0) is 29.8 Å². The fraction of sp³-hybridized carbons (Fsp3) is 0.118. The first-order valence-electron chi connectivity index (χ1n) is 6.61. The SMILES string of the molecule is OC(Cc1ccc(Br)cc1F)c1ccc2ccccc2n1. The maximum Gasteiger partial charge on any atom is 0.127 e. The van der Waals surface area contributed by atoms with Crippen LogP contribution in [0.1, 0.15) is 17.4 Å². The predicted octanol–water partition coefficient (Wildman–Crippen LogP) is 4.41. The van der Waals surface area contributed by atoms with Crippen molar-refractivity contribution in [1.82, 2.24) is 4.98 Å². The highest BCUT2D eigenvalue weighted by molar-refractivity contribution is 9.10. The smallest absolute Gasteiger partial charge is 0.127 e. The van der Waals surface area contributed by atoms with E-state index >= 15 is 0 Å². The molecule has 3 rings (SSSR count). The molecular weight excluding hydrogens is 333 g/mol. The number of benzene rings is 2. The summed E-state index contributed by atoms with van der Waals surface area (Å²) in [5, 5.41) is 11.3. The number of hydrogen-bond donors (Lipinski definition) is 1. The maximum absolute atomic E-state index is 13.8. The number of halogens is 2. The van der Waals surface area contributed by atoms with Crippen molar-refractivity contribution < 1.29 is 9.50 Å². The van der Waals surface area contributed by atoms with Crippen LogP contribution in [-0.2, 0) is 6.42 Å². The highest BCUT2D eigenvalue weighted by Crippen LogP contribution is 2.23. The first-order chi connectivity index (χ1) is 10.1. The average molecular weight is 346 g/mol. The Balaban J connectivity index is 1.87. The molecule has 0 aliphatic carbocycles. The van der Waals surface area contributed by atoms with Crippen LogP contribution in [0.15, 0.2) is 59.1 Å². The van der Waals surface area contributed by atoms with E-state index < -0.39 is 6.10 Å². The van der Waals surface area contributed by atoms with Gasteiger partial charge in [0.05, 0.1) is 11.2 Å². The van der Waals surface area contributed by atoms with Crippen LogP contribution in [0.25, 0.3) is 10.9 Å². The van der Waals surface area contributed by atoms with Gasteiger partial charge in [-0.2, -0.15) is 0 Å². The quantitative estimate of drug-likeness (QED) is 0.762. The van der Waals surface area contributed by atoms with Gasteiger partial charge in [-0.25, -0.2) is 4.39 Å². The maximum atomic E-state index is 13.8. The van der Waals surface area contributed by atoms with Crippen LogP contribution in [0.5, 0.6) is 0 Å². The van der Waals surface area contributed by atoms with Gasteiger partial charge in [0.15, 0.2) is 0 Å². The number of aliphatic hydroxyl groups excluding tert-OH is 1. The van der Waals surface area contributed by atoms with Crippen LogP contribution >= 0.6 is 15.9 Å². The zero-order chi connectivity index (χ0) is 14.8. The summed E-state index contributed by atoms with van der Waals surface area (Å²) in [5.74, 6) is -0.329. The second-order valence-corrected chi connectivity index (χ2v) is 5.80. The van der Waals surface area contributed by atoms with Gasteiger partial charge in [-0.3, -0.25) is 4.98 Å². The standard InChI is InChI=1S/C17H13BrFNO/c18-13-7-5-12(14(19)10-13)9-17(21)16-8-6-11-3-1-2-4-15(11)20-16/h1-8,10,17,21H,9H2. The van der Waals surface area contributed by atoms with Crippen molar-refractivity contribution in [3.05, 3.63) is 76.1 Å². The summed E-state index contributed by atoms with van der Waals surface area (Å²) in [6, 6.07) is 16.2. The number of aromatic nitrogens is 1. The van der Waals surface area contributed by atoms with E-state index in [-0.39, 0.29) is 12.2 Å². The summed E-state index contributed by atoms with van der Waals surface area (Å²) in [5.41, 5.74) is 1.85. The molecule has 1 atom stereocenters. The first-order valence-corrected chi connectivity index (χ1v) is 7.40. The largest absolute Gasteiger partial charge is 0.386 e. The number of para-hydroxylation sites is 1. The molecular formula is C17H13BrFNO. The highest BCUT2D eigenvalue weighted by Gasteiger charge is 2.13. The lowest BCUT2D eigenvalue weighted by molar-refractivity contribution is 0.172. The van der Waals surface area contributed by atoms with Crippen LogP contribution in [0, 0.1) is 5.82 Å². The van der Waals surface area contributed by atoms with Crippen molar-refractivity contribution in [2.75, 3.05) is 0 Å².